The second-order valence-corrected chi connectivity index (χ2v) is 8.61. The van der Waals surface area contributed by atoms with Crippen LogP contribution in [-0.4, -0.2) is 34.5 Å². The highest BCUT2D eigenvalue weighted by molar-refractivity contribution is 7.17. The number of carbonyl (C=O) groups excluding carboxylic acids is 1. The van der Waals surface area contributed by atoms with Gasteiger partial charge in [-0.3, -0.25) is 14.2 Å². The highest BCUT2D eigenvalue weighted by Gasteiger charge is 2.16. The molecule has 0 aliphatic carbocycles. The topological polar surface area (TPSA) is 64.4 Å². The van der Waals surface area contributed by atoms with Crippen molar-refractivity contribution in [2.75, 3.05) is 14.2 Å². The van der Waals surface area contributed by atoms with E-state index < -0.39 is 0 Å². The average Bonchev–Trinajstić information content (AvgIpc) is 3.24. The number of aromatic nitrogens is 2. The maximum absolute atomic E-state index is 13.2. The summed E-state index contributed by atoms with van der Waals surface area (Å²) in [5.74, 6) is 0.700. The van der Waals surface area contributed by atoms with Gasteiger partial charge in [0.05, 0.1) is 18.8 Å². The molecule has 0 N–H and O–H groups in total. The Morgan fingerprint density at radius 1 is 1.16 bits per heavy atom. The van der Waals surface area contributed by atoms with Crippen molar-refractivity contribution >= 4 is 27.5 Å². The summed E-state index contributed by atoms with van der Waals surface area (Å²) in [6.07, 6.45) is 1.75. The van der Waals surface area contributed by atoms with E-state index in [0.717, 1.165) is 22.4 Å². The molecule has 0 spiro atoms. The number of thiophene rings is 1. The molecule has 164 valence electrons. The Bertz CT molecular complexity index is 1310. The monoisotopic (exact) mass is 447 g/mol. The first kappa shape index (κ1) is 21.8. The number of methoxy groups -OCH3 is 1. The smallest absolute Gasteiger partial charge is 0.262 e. The average molecular weight is 448 g/mol. The molecule has 0 fully saturated rings. The van der Waals surface area contributed by atoms with Crippen LogP contribution in [0.5, 0.6) is 5.75 Å². The fourth-order valence-corrected chi connectivity index (χ4v) is 4.56. The van der Waals surface area contributed by atoms with Gasteiger partial charge in [0.2, 0.25) is 5.91 Å². The van der Waals surface area contributed by atoms with Gasteiger partial charge in [-0.1, -0.05) is 48.0 Å². The molecule has 0 aliphatic rings. The highest BCUT2D eigenvalue weighted by Crippen LogP contribution is 2.30. The van der Waals surface area contributed by atoms with Crippen molar-refractivity contribution in [1.29, 1.82) is 0 Å². The van der Waals surface area contributed by atoms with E-state index in [4.69, 9.17) is 4.74 Å². The molecule has 0 saturated carbocycles. The molecule has 0 aliphatic heterocycles. The molecule has 4 aromatic rings. The molecule has 4 rings (SSSR count). The first-order valence-corrected chi connectivity index (χ1v) is 11.3. The van der Waals surface area contributed by atoms with E-state index >= 15 is 0 Å². The predicted octanol–water partition coefficient (Wildman–Crippen LogP) is 4.49. The summed E-state index contributed by atoms with van der Waals surface area (Å²) in [6, 6.07) is 15.7. The second kappa shape index (κ2) is 9.36. The summed E-state index contributed by atoms with van der Waals surface area (Å²) in [7, 11) is 3.37. The van der Waals surface area contributed by atoms with Crippen LogP contribution in [0.25, 0.3) is 21.3 Å². The number of fused-ring (bicyclic) bond motifs is 1. The van der Waals surface area contributed by atoms with Gasteiger partial charge in [0.15, 0.2) is 0 Å². The van der Waals surface area contributed by atoms with Crippen LogP contribution in [-0.2, 0) is 17.9 Å². The fourth-order valence-electron chi connectivity index (χ4n) is 3.66. The lowest BCUT2D eigenvalue weighted by atomic mass is 10.1. The molecule has 32 heavy (non-hydrogen) atoms. The van der Waals surface area contributed by atoms with Crippen LogP contribution < -0.4 is 10.3 Å². The van der Waals surface area contributed by atoms with Gasteiger partial charge in [-0.2, -0.15) is 0 Å². The lowest BCUT2D eigenvalue weighted by Gasteiger charge is -2.19. The Morgan fingerprint density at radius 3 is 2.66 bits per heavy atom. The van der Waals surface area contributed by atoms with Crippen molar-refractivity contribution < 1.29 is 9.53 Å². The number of nitrogens with zero attached hydrogens (tertiary/aromatic N) is 3. The van der Waals surface area contributed by atoms with Crippen molar-refractivity contribution in [2.24, 2.45) is 0 Å². The van der Waals surface area contributed by atoms with Gasteiger partial charge in [-0.05, 0) is 18.6 Å². The number of benzene rings is 2. The number of carbonyl (C=O) groups is 1. The quantitative estimate of drug-likeness (QED) is 0.419. The largest absolute Gasteiger partial charge is 0.496 e. The number of rotatable bonds is 7. The first-order valence-electron chi connectivity index (χ1n) is 10.4. The minimum absolute atomic E-state index is 0.0491. The zero-order chi connectivity index (χ0) is 22.7. The molecule has 0 unspecified atom stereocenters. The Morgan fingerprint density at radius 2 is 1.91 bits per heavy atom. The van der Waals surface area contributed by atoms with E-state index in [-0.39, 0.29) is 24.4 Å². The molecule has 7 heteroatoms. The molecular weight excluding hydrogens is 422 g/mol. The zero-order valence-corrected chi connectivity index (χ0v) is 19.2. The van der Waals surface area contributed by atoms with Gasteiger partial charge in [0.25, 0.3) is 5.56 Å². The predicted molar refractivity (Wildman–Crippen MR) is 128 cm³/mol. The van der Waals surface area contributed by atoms with Gasteiger partial charge >= 0.3 is 0 Å². The number of aryl methyl sites for hydroxylation is 2. The van der Waals surface area contributed by atoms with Gasteiger partial charge in [-0.25, -0.2) is 4.98 Å². The van der Waals surface area contributed by atoms with Crippen LogP contribution >= 0.6 is 11.3 Å². The van der Waals surface area contributed by atoms with E-state index in [9.17, 15) is 9.59 Å². The normalized spacial score (nSPS) is 11.0. The minimum Gasteiger partial charge on any atom is -0.496 e. The molecule has 2 heterocycles. The summed E-state index contributed by atoms with van der Waals surface area (Å²) in [4.78, 5) is 32.7. The van der Waals surface area contributed by atoms with Crippen molar-refractivity contribution in [3.05, 3.63) is 81.7 Å². The summed E-state index contributed by atoms with van der Waals surface area (Å²) in [6.45, 7) is 2.75. The van der Waals surface area contributed by atoms with E-state index in [2.05, 4.69) is 4.98 Å². The van der Waals surface area contributed by atoms with Crippen LogP contribution in [0.1, 0.15) is 17.5 Å². The number of hydrogen-bond acceptors (Lipinski definition) is 5. The molecule has 1 amide bonds. The maximum Gasteiger partial charge on any atom is 0.262 e. The highest BCUT2D eigenvalue weighted by atomic mass is 32.1. The SMILES string of the molecule is COc1ccccc1CN(C)C(=O)CCn1cnc2scc(-c3ccc(C)cc3)c2c1=O. The van der Waals surface area contributed by atoms with Gasteiger partial charge in [-0.15, -0.1) is 11.3 Å². The van der Waals surface area contributed by atoms with Crippen LogP contribution in [0.3, 0.4) is 0 Å². The summed E-state index contributed by atoms with van der Waals surface area (Å²) in [5, 5.41) is 2.58. The minimum atomic E-state index is -0.119. The van der Waals surface area contributed by atoms with Crippen LogP contribution in [0.4, 0.5) is 0 Å². The number of hydrogen-bond donors (Lipinski definition) is 0. The lowest BCUT2D eigenvalue weighted by Crippen LogP contribution is -2.29. The van der Waals surface area contributed by atoms with Gasteiger partial charge in [0, 0.05) is 43.1 Å². The second-order valence-electron chi connectivity index (χ2n) is 7.75. The first-order chi connectivity index (χ1) is 15.5. The van der Waals surface area contributed by atoms with Crippen molar-refractivity contribution in [3.63, 3.8) is 0 Å². The van der Waals surface area contributed by atoms with Crippen molar-refractivity contribution in [2.45, 2.75) is 26.4 Å². The lowest BCUT2D eigenvalue weighted by molar-refractivity contribution is -0.130. The molecular formula is C25H25N3O3S. The van der Waals surface area contributed by atoms with Crippen molar-refractivity contribution in [1.82, 2.24) is 14.5 Å². The van der Waals surface area contributed by atoms with E-state index in [1.807, 2.05) is 60.8 Å². The third kappa shape index (κ3) is 4.43. The van der Waals surface area contributed by atoms with Crippen molar-refractivity contribution in [3.8, 4) is 16.9 Å². The van der Waals surface area contributed by atoms with E-state index in [0.29, 0.717) is 16.8 Å². The Hall–Kier alpha value is -3.45. The third-order valence-corrected chi connectivity index (χ3v) is 6.40. The molecule has 6 nitrogen and oxygen atoms in total. The molecule has 2 aromatic carbocycles. The Balaban J connectivity index is 1.51. The van der Waals surface area contributed by atoms with Crippen LogP contribution in [0.15, 0.2) is 65.0 Å². The molecule has 0 saturated heterocycles. The molecule has 0 bridgehead atoms. The Labute approximate surface area is 190 Å². The molecule has 2 aromatic heterocycles. The maximum atomic E-state index is 13.2. The van der Waals surface area contributed by atoms with Crippen LogP contribution in [0.2, 0.25) is 0 Å². The van der Waals surface area contributed by atoms with Gasteiger partial charge < -0.3 is 9.64 Å². The molecule has 0 radical (unpaired) electrons. The number of para-hydroxylation sites is 1. The number of ether oxygens (including phenoxy) is 1. The zero-order valence-electron chi connectivity index (χ0n) is 18.4. The molecule has 0 atom stereocenters. The van der Waals surface area contributed by atoms with E-state index in [1.165, 1.54) is 27.8 Å². The fraction of sp³-hybridized carbons (Fsp3) is 0.240. The van der Waals surface area contributed by atoms with E-state index in [1.54, 1.807) is 19.1 Å². The summed E-state index contributed by atoms with van der Waals surface area (Å²) >= 11 is 1.46. The third-order valence-electron chi connectivity index (χ3n) is 5.52. The van der Waals surface area contributed by atoms with Gasteiger partial charge in [0.1, 0.15) is 10.6 Å². The van der Waals surface area contributed by atoms with Crippen LogP contribution in [0, 0.1) is 6.92 Å². The standard InChI is InChI=1S/C25H25N3O3S/c1-17-8-10-18(11-9-17)20-15-32-24-23(20)25(30)28(16-26-24)13-12-22(29)27(2)14-19-6-4-5-7-21(19)31-3/h4-11,15-16H,12-14H2,1-3H3. The Kier molecular flexibility index (Phi) is 6.37. The number of amides is 1. The summed E-state index contributed by atoms with van der Waals surface area (Å²) < 4.78 is 6.90. The summed E-state index contributed by atoms with van der Waals surface area (Å²) in [5.41, 5.74) is 3.86.